The fourth-order valence-electron chi connectivity index (χ4n) is 4.05. The number of hydrogen-bond donors (Lipinski definition) is 2. The molecule has 0 atom stereocenters. The lowest BCUT2D eigenvalue weighted by atomic mass is 10.0. The summed E-state index contributed by atoms with van der Waals surface area (Å²) in [6, 6.07) is 11.1. The molecule has 2 N–H and O–H groups in total. The third-order valence-corrected chi connectivity index (χ3v) is 5.67. The van der Waals surface area contributed by atoms with Crippen molar-refractivity contribution < 1.29 is 9.53 Å². The maximum absolute atomic E-state index is 13.0. The van der Waals surface area contributed by atoms with E-state index in [0.29, 0.717) is 29.3 Å². The number of anilines is 2. The number of hydrogen-bond acceptors (Lipinski definition) is 8. The molecule has 0 spiro atoms. The van der Waals surface area contributed by atoms with E-state index in [0.717, 1.165) is 25.2 Å². The van der Waals surface area contributed by atoms with Crippen LogP contribution in [0, 0.1) is 0 Å². The first-order chi connectivity index (χ1) is 16.1. The minimum absolute atomic E-state index is 0.142. The zero-order valence-corrected chi connectivity index (χ0v) is 18.3. The van der Waals surface area contributed by atoms with E-state index in [9.17, 15) is 9.59 Å². The number of aromatic nitrogens is 5. The second kappa shape index (κ2) is 8.47. The average molecular weight is 445 g/mol. The number of nitrogens with one attached hydrogen (secondary N) is 2. The SMILES string of the molecule is CCn1c(=O)c2cnc(Nc3ccc4c(c3)CCNC4)nc2n1-c1cccc(C(=O)OC)n1. The van der Waals surface area contributed by atoms with Gasteiger partial charge in [-0.1, -0.05) is 12.1 Å². The van der Waals surface area contributed by atoms with Crippen molar-refractivity contribution in [3.8, 4) is 5.82 Å². The predicted octanol–water partition coefficient (Wildman–Crippen LogP) is 2.17. The van der Waals surface area contributed by atoms with Crippen LogP contribution < -0.4 is 16.2 Å². The Morgan fingerprint density at radius 2 is 2.09 bits per heavy atom. The molecule has 4 aromatic rings. The Morgan fingerprint density at radius 1 is 1.21 bits per heavy atom. The van der Waals surface area contributed by atoms with Crippen molar-refractivity contribution in [1.82, 2.24) is 29.6 Å². The molecule has 0 fully saturated rings. The molecule has 0 aliphatic carbocycles. The van der Waals surface area contributed by atoms with E-state index < -0.39 is 5.97 Å². The Bertz CT molecular complexity index is 1420. The summed E-state index contributed by atoms with van der Waals surface area (Å²) in [4.78, 5) is 38.3. The molecule has 1 aliphatic heterocycles. The molecule has 5 rings (SSSR count). The van der Waals surface area contributed by atoms with Gasteiger partial charge < -0.3 is 15.4 Å². The Morgan fingerprint density at radius 3 is 2.91 bits per heavy atom. The van der Waals surface area contributed by atoms with Gasteiger partial charge in [-0.2, -0.15) is 4.98 Å². The zero-order chi connectivity index (χ0) is 22.9. The molecule has 0 saturated heterocycles. The van der Waals surface area contributed by atoms with Gasteiger partial charge in [0.1, 0.15) is 5.39 Å². The summed E-state index contributed by atoms with van der Waals surface area (Å²) in [6.07, 6.45) is 2.48. The molecule has 1 aliphatic rings. The maximum Gasteiger partial charge on any atom is 0.356 e. The Balaban J connectivity index is 1.59. The summed E-state index contributed by atoms with van der Waals surface area (Å²) in [6.45, 7) is 4.07. The number of carbonyl (C=O) groups excluding carboxylic acids is 1. The second-order valence-corrected chi connectivity index (χ2v) is 7.67. The lowest BCUT2D eigenvalue weighted by Crippen LogP contribution is -2.23. The molecule has 0 amide bonds. The summed E-state index contributed by atoms with van der Waals surface area (Å²) < 4.78 is 7.90. The van der Waals surface area contributed by atoms with Gasteiger partial charge >= 0.3 is 5.97 Å². The van der Waals surface area contributed by atoms with Crippen LogP contribution in [0.15, 0.2) is 47.4 Å². The molecular weight excluding hydrogens is 422 g/mol. The van der Waals surface area contributed by atoms with Gasteiger partial charge in [0.15, 0.2) is 17.2 Å². The first kappa shape index (κ1) is 20.8. The molecule has 168 valence electrons. The lowest BCUT2D eigenvalue weighted by Gasteiger charge is -2.18. The van der Waals surface area contributed by atoms with Crippen LogP contribution in [0.5, 0.6) is 0 Å². The van der Waals surface area contributed by atoms with Crippen LogP contribution >= 0.6 is 0 Å². The standard InChI is InChI=1S/C23H23N7O3/c1-3-29-21(31)17-13-25-23(26-16-8-7-15-12-24-10-9-14(15)11-16)28-20(17)30(29)19-6-4-5-18(27-19)22(32)33-2/h4-8,11,13,24H,3,9-10,12H2,1-2H3,(H,25,26,28). The van der Waals surface area contributed by atoms with Gasteiger partial charge in [0.05, 0.1) is 7.11 Å². The Labute approximate surface area is 189 Å². The van der Waals surface area contributed by atoms with Crippen molar-refractivity contribution in [1.29, 1.82) is 0 Å². The molecular formula is C23H23N7O3. The summed E-state index contributed by atoms with van der Waals surface area (Å²) in [5.74, 6) is 0.193. The largest absolute Gasteiger partial charge is 0.464 e. The van der Waals surface area contributed by atoms with Gasteiger partial charge in [-0.25, -0.2) is 24.1 Å². The maximum atomic E-state index is 13.0. The van der Waals surface area contributed by atoms with Gasteiger partial charge in [-0.05, 0) is 55.3 Å². The lowest BCUT2D eigenvalue weighted by molar-refractivity contribution is 0.0594. The number of methoxy groups -OCH3 is 1. The highest BCUT2D eigenvalue weighted by Gasteiger charge is 2.19. The highest BCUT2D eigenvalue weighted by Crippen LogP contribution is 2.22. The number of ether oxygens (including phenoxy) is 1. The first-order valence-electron chi connectivity index (χ1n) is 10.7. The molecule has 33 heavy (non-hydrogen) atoms. The highest BCUT2D eigenvalue weighted by molar-refractivity contribution is 5.87. The summed E-state index contributed by atoms with van der Waals surface area (Å²) >= 11 is 0. The van der Waals surface area contributed by atoms with Crippen molar-refractivity contribution >= 4 is 28.6 Å². The zero-order valence-electron chi connectivity index (χ0n) is 18.3. The van der Waals surface area contributed by atoms with E-state index in [4.69, 9.17) is 4.74 Å². The number of fused-ring (bicyclic) bond motifs is 2. The van der Waals surface area contributed by atoms with E-state index in [1.807, 2.05) is 13.0 Å². The van der Waals surface area contributed by atoms with E-state index in [1.165, 1.54) is 29.1 Å². The van der Waals surface area contributed by atoms with E-state index in [-0.39, 0.29) is 11.3 Å². The van der Waals surface area contributed by atoms with Crippen LogP contribution in [0.1, 0.15) is 28.5 Å². The molecule has 3 aromatic heterocycles. The van der Waals surface area contributed by atoms with Crippen LogP contribution in [0.2, 0.25) is 0 Å². The van der Waals surface area contributed by atoms with Crippen molar-refractivity contribution in [2.45, 2.75) is 26.4 Å². The molecule has 10 heteroatoms. The van der Waals surface area contributed by atoms with Crippen molar-refractivity contribution in [2.24, 2.45) is 0 Å². The van der Waals surface area contributed by atoms with Crippen molar-refractivity contribution in [3.63, 3.8) is 0 Å². The molecule has 0 bridgehead atoms. The van der Waals surface area contributed by atoms with Crippen molar-refractivity contribution in [2.75, 3.05) is 19.0 Å². The quantitative estimate of drug-likeness (QED) is 0.449. The molecule has 4 heterocycles. The number of rotatable bonds is 5. The number of nitrogens with zero attached hydrogens (tertiary/aromatic N) is 5. The van der Waals surface area contributed by atoms with Gasteiger partial charge in [0, 0.05) is 25.0 Å². The third-order valence-electron chi connectivity index (χ3n) is 5.67. The number of carbonyl (C=O) groups is 1. The van der Waals surface area contributed by atoms with Crippen LogP contribution in [0.25, 0.3) is 16.9 Å². The van der Waals surface area contributed by atoms with Crippen LogP contribution in [-0.2, 0) is 24.2 Å². The molecule has 0 saturated carbocycles. The molecule has 0 radical (unpaired) electrons. The third kappa shape index (κ3) is 3.74. The molecule has 1 aromatic carbocycles. The average Bonchev–Trinajstić information content (AvgIpc) is 3.14. The van der Waals surface area contributed by atoms with Gasteiger partial charge in [0.25, 0.3) is 5.56 Å². The fourth-order valence-corrected chi connectivity index (χ4v) is 4.05. The number of benzene rings is 1. The minimum Gasteiger partial charge on any atom is -0.464 e. The summed E-state index contributed by atoms with van der Waals surface area (Å²) in [7, 11) is 1.30. The predicted molar refractivity (Wildman–Crippen MR) is 123 cm³/mol. The molecule has 10 nitrogen and oxygen atoms in total. The number of esters is 1. The first-order valence-corrected chi connectivity index (χ1v) is 10.7. The van der Waals surface area contributed by atoms with Crippen LogP contribution in [0.4, 0.5) is 11.6 Å². The van der Waals surface area contributed by atoms with Crippen molar-refractivity contribution in [3.05, 3.63) is 69.8 Å². The summed E-state index contributed by atoms with van der Waals surface area (Å²) in [5.41, 5.74) is 3.76. The Hall–Kier alpha value is -4.05. The van der Waals surface area contributed by atoms with Gasteiger partial charge in [-0.3, -0.25) is 4.79 Å². The Kier molecular flexibility index (Phi) is 5.35. The van der Waals surface area contributed by atoms with E-state index >= 15 is 0 Å². The summed E-state index contributed by atoms with van der Waals surface area (Å²) in [5, 5.41) is 6.98. The van der Waals surface area contributed by atoms with Crippen LogP contribution in [-0.4, -0.2) is 43.9 Å². The topological polar surface area (TPSA) is 116 Å². The number of pyridine rings is 1. The van der Waals surface area contributed by atoms with Gasteiger partial charge in [0.2, 0.25) is 5.95 Å². The van der Waals surface area contributed by atoms with E-state index in [1.54, 1.807) is 22.9 Å². The highest BCUT2D eigenvalue weighted by atomic mass is 16.5. The molecule has 0 unspecified atom stereocenters. The van der Waals surface area contributed by atoms with Gasteiger partial charge in [-0.15, -0.1) is 0 Å². The van der Waals surface area contributed by atoms with E-state index in [2.05, 4.69) is 37.7 Å². The fraction of sp³-hybridized carbons (Fsp3) is 0.261. The monoisotopic (exact) mass is 445 g/mol. The second-order valence-electron chi connectivity index (χ2n) is 7.67. The van der Waals surface area contributed by atoms with Crippen LogP contribution in [0.3, 0.4) is 0 Å². The minimum atomic E-state index is -0.557. The normalized spacial score (nSPS) is 13.0. The smallest absolute Gasteiger partial charge is 0.356 e.